The SMILES string of the molecule is CC1CCN(c2nccc(C(F)(F)F)n2)CC1CN. The fraction of sp³-hybridized carbons (Fsp3) is 0.667. The number of aromatic nitrogens is 2. The molecule has 2 heterocycles. The van der Waals surface area contributed by atoms with Gasteiger partial charge in [-0.15, -0.1) is 0 Å². The molecule has 2 atom stereocenters. The maximum absolute atomic E-state index is 12.6. The van der Waals surface area contributed by atoms with Gasteiger partial charge in [-0.1, -0.05) is 6.92 Å². The molecule has 2 unspecified atom stereocenters. The zero-order chi connectivity index (χ0) is 14.0. The van der Waals surface area contributed by atoms with Gasteiger partial charge in [0.1, 0.15) is 5.69 Å². The molecule has 1 aromatic rings. The van der Waals surface area contributed by atoms with Gasteiger partial charge in [0, 0.05) is 19.3 Å². The Morgan fingerprint density at radius 2 is 2.21 bits per heavy atom. The monoisotopic (exact) mass is 274 g/mol. The average Bonchev–Trinajstić information content (AvgIpc) is 2.38. The number of hydrogen-bond acceptors (Lipinski definition) is 4. The maximum atomic E-state index is 12.6. The molecule has 1 aliphatic rings. The first-order chi connectivity index (χ1) is 8.91. The summed E-state index contributed by atoms with van der Waals surface area (Å²) in [7, 11) is 0. The Balaban J connectivity index is 2.18. The van der Waals surface area contributed by atoms with Crippen LogP contribution in [0.4, 0.5) is 19.1 Å². The largest absolute Gasteiger partial charge is 0.433 e. The van der Waals surface area contributed by atoms with Crippen LogP contribution in [0.1, 0.15) is 19.0 Å². The summed E-state index contributed by atoms with van der Waals surface area (Å²) in [6, 6.07) is 0.885. The Morgan fingerprint density at radius 1 is 1.47 bits per heavy atom. The Kier molecular flexibility index (Phi) is 3.93. The number of nitrogens with two attached hydrogens (primary N) is 1. The minimum atomic E-state index is -4.44. The molecular formula is C12H17F3N4. The number of rotatable bonds is 2. The molecule has 0 bridgehead atoms. The zero-order valence-corrected chi connectivity index (χ0v) is 10.7. The number of hydrogen-bond donors (Lipinski definition) is 1. The van der Waals surface area contributed by atoms with Gasteiger partial charge < -0.3 is 10.6 Å². The fourth-order valence-corrected chi connectivity index (χ4v) is 2.30. The first-order valence-electron chi connectivity index (χ1n) is 6.27. The Labute approximate surface area is 109 Å². The molecule has 2 rings (SSSR count). The average molecular weight is 274 g/mol. The molecule has 0 radical (unpaired) electrons. The molecule has 1 fully saturated rings. The van der Waals surface area contributed by atoms with Crippen molar-refractivity contribution in [2.75, 3.05) is 24.5 Å². The van der Waals surface area contributed by atoms with Crippen molar-refractivity contribution < 1.29 is 13.2 Å². The van der Waals surface area contributed by atoms with E-state index >= 15 is 0 Å². The summed E-state index contributed by atoms with van der Waals surface area (Å²) in [6.45, 7) is 3.91. The highest BCUT2D eigenvalue weighted by atomic mass is 19.4. The van der Waals surface area contributed by atoms with E-state index in [1.165, 1.54) is 0 Å². The first-order valence-corrected chi connectivity index (χ1v) is 6.27. The number of piperidine rings is 1. The molecule has 7 heteroatoms. The molecular weight excluding hydrogens is 257 g/mol. The van der Waals surface area contributed by atoms with Crippen molar-refractivity contribution in [3.63, 3.8) is 0 Å². The lowest BCUT2D eigenvalue weighted by Gasteiger charge is -2.36. The second kappa shape index (κ2) is 5.32. The molecule has 1 aromatic heterocycles. The quantitative estimate of drug-likeness (QED) is 0.895. The molecule has 0 saturated carbocycles. The minimum Gasteiger partial charge on any atom is -0.340 e. The molecule has 0 aromatic carbocycles. The Morgan fingerprint density at radius 3 is 2.84 bits per heavy atom. The molecule has 1 saturated heterocycles. The van der Waals surface area contributed by atoms with Crippen molar-refractivity contribution in [2.24, 2.45) is 17.6 Å². The maximum Gasteiger partial charge on any atom is 0.433 e. The van der Waals surface area contributed by atoms with Crippen molar-refractivity contribution >= 4 is 5.95 Å². The lowest BCUT2D eigenvalue weighted by molar-refractivity contribution is -0.141. The Bertz CT molecular complexity index is 435. The van der Waals surface area contributed by atoms with E-state index in [4.69, 9.17) is 5.73 Å². The van der Waals surface area contributed by atoms with Crippen LogP contribution in [0.15, 0.2) is 12.3 Å². The number of nitrogens with zero attached hydrogens (tertiary/aromatic N) is 3. The minimum absolute atomic E-state index is 0.139. The van der Waals surface area contributed by atoms with Crippen LogP contribution in [0.5, 0.6) is 0 Å². The predicted octanol–water partition coefficient (Wildman–Crippen LogP) is 1.92. The summed E-state index contributed by atoms with van der Waals surface area (Å²) < 4.78 is 37.8. The smallest absolute Gasteiger partial charge is 0.340 e. The van der Waals surface area contributed by atoms with Gasteiger partial charge >= 0.3 is 6.18 Å². The van der Waals surface area contributed by atoms with E-state index in [0.717, 1.165) is 18.7 Å². The normalized spacial score (nSPS) is 24.6. The zero-order valence-electron chi connectivity index (χ0n) is 10.7. The molecule has 0 spiro atoms. The van der Waals surface area contributed by atoms with E-state index in [9.17, 15) is 13.2 Å². The van der Waals surface area contributed by atoms with Crippen molar-refractivity contribution in [3.05, 3.63) is 18.0 Å². The standard InChI is InChI=1S/C12H17F3N4/c1-8-3-5-19(7-9(8)6-16)11-17-4-2-10(18-11)12(13,14)15/h2,4,8-9H,3,5-7,16H2,1H3. The van der Waals surface area contributed by atoms with Crippen LogP contribution in [0.25, 0.3) is 0 Å². The molecule has 19 heavy (non-hydrogen) atoms. The van der Waals surface area contributed by atoms with Crippen LogP contribution < -0.4 is 10.6 Å². The van der Waals surface area contributed by atoms with E-state index < -0.39 is 11.9 Å². The van der Waals surface area contributed by atoms with Crippen molar-refractivity contribution in [2.45, 2.75) is 19.5 Å². The highest BCUT2D eigenvalue weighted by Gasteiger charge is 2.34. The molecule has 106 valence electrons. The second-order valence-corrected chi connectivity index (χ2v) is 4.95. The van der Waals surface area contributed by atoms with E-state index in [-0.39, 0.29) is 11.9 Å². The van der Waals surface area contributed by atoms with Crippen LogP contribution >= 0.6 is 0 Å². The molecule has 2 N–H and O–H groups in total. The molecule has 1 aliphatic heterocycles. The molecule has 0 amide bonds. The van der Waals surface area contributed by atoms with Gasteiger partial charge in [-0.3, -0.25) is 0 Å². The lowest BCUT2D eigenvalue weighted by atomic mass is 9.87. The number of alkyl halides is 3. The van der Waals surface area contributed by atoms with Crippen molar-refractivity contribution in [1.82, 2.24) is 9.97 Å². The van der Waals surface area contributed by atoms with Gasteiger partial charge in [-0.25, -0.2) is 9.97 Å². The van der Waals surface area contributed by atoms with Crippen LogP contribution in [0.2, 0.25) is 0 Å². The van der Waals surface area contributed by atoms with Crippen LogP contribution in [-0.4, -0.2) is 29.6 Å². The van der Waals surface area contributed by atoms with E-state index in [2.05, 4.69) is 16.9 Å². The first kappa shape index (κ1) is 14.0. The third-order valence-corrected chi connectivity index (χ3v) is 3.63. The van der Waals surface area contributed by atoms with Crippen LogP contribution in [0.3, 0.4) is 0 Å². The summed E-state index contributed by atoms with van der Waals surface area (Å²) in [5.74, 6) is 0.888. The lowest BCUT2D eigenvalue weighted by Crippen LogP contribution is -2.43. The number of anilines is 1. The fourth-order valence-electron chi connectivity index (χ4n) is 2.30. The van der Waals surface area contributed by atoms with Crippen molar-refractivity contribution in [3.8, 4) is 0 Å². The van der Waals surface area contributed by atoms with E-state index in [1.54, 1.807) is 4.90 Å². The topological polar surface area (TPSA) is 55.0 Å². The predicted molar refractivity (Wildman–Crippen MR) is 65.6 cm³/mol. The summed E-state index contributed by atoms with van der Waals surface area (Å²) in [4.78, 5) is 9.34. The molecule has 0 aliphatic carbocycles. The third kappa shape index (κ3) is 3.15. The number of halogens is 3. The summed E-state index contributed by atoms with van der Waals surface area (Å²) in [5.41, 5.74) is 4.78. The second-order valence-electron chi connectivity index (χ2n) is 4.95. The van der Waals surface area contributed by atoms with Gasteiger partial charge in [0.25, 0.3) is 0 Å². The van der Waals surface area contributed by atoms with Gasteiger partial charge in [0.05, 0.1) is 0 Å². The summed E-state index contributed by atoms with van der Waals surface area (Å²) in [5, 5.41) is 0. The van der Waals surface area contributed by atoms with Gasteiger partial charge in [-0.05, 0) is 30.9 Å². The van der Waals surface area contributed by atoms with Crippen LogP contribution in [-0.2, 0) is 6.18 Å². The van der Waals surface area contributed by atoms with Crippen molar-refractivity contribution in [1.29, 1.82) is 0 Å². The molecule has 4 nitrogen and oxygen atoms in total. The highest BCUT2D eigenvalue weighted by Crippen LogP contribution is 2.29. The summed E-state index contributed by atoms with van der Waals surface area (Å²) in [6.07, 6.45) is -2.39. The van der Waals surface area contributed by atoms with Gasteiger partial charge in [0.15, 0.2) is 0 Å². The van der Waals surface area contributed by atoms with Gasteiger partial charge in [0.2, 0.25) is 5.95 Å². The van der Waals surface area contributed by atoms with Gasteiger partial charge in [-0.2, -0.15) is 13.2 Å². The van der Waals surface area contributed by atoms with Crippen LogP contribution in [0, 0.1) is 11.8 Å². The summed E-state index contributed by atoms with van der Waals surface area (Å²) >= 11 is 0. The third-order valence-electron chi connectivity index (χ3n) is 3.63. The van der Waals surface area contributed by atoms with E-state index in [0.29, 0.717) is 25.6 Å². The highest BCUT2D eigenvalue weighted by molar-refractivity contribution is 5.32. The van der Waals surface area contributed by atoms with E-state index in [1.807, 2.05) is 0 Å². The Hall–Kier alpha value is -1.37.